The lowest BCUT2D eigenvalue weighted by Crippen LogP contribution is -1.97. The minimum absolute atomic E-state index is 0.281. The first-order valence-electron chi connectivity index (χ1n) is 6.63. The van der Waals surface area contributed by atoms with Crippen molar-refractivity contribution >= 4 is 15.4 Å². The number of hydrogen-bond acceptors (Lipinski definition) is 4. The van der Waals surface area contributed by atoms with Gasteiger partial charge in [-0.1, -0.05) is 12.1 Å². The molecule has 0 aliphatic heterocycles. The third-order valence-electron chi connectivity index (χ3n) is 3.48. The largest absolute Gasteiger partial charge is 0.316 e. The van der Waals surface area contributed by atoms with Gasteiger partial charge in [-0.15, -0.1) is 0 Å². The Hall–Kier alpha value is -2.65. The van der Waals surface area contributed by atoms with Crippen LogP contribution in [0.2, 0.25) is 0 Å². The quantitative estimate of drug-likeness (QED) is 0.744. The molecule has 5 nitrogen and oxygen atoms in total. The molecule has 1 aromatic carbocycles. The van der Waals surface area contributed by atoms with Gasteiger partial charge in [-0.2, -0.15) is 5.26 Å². The highest BCUT2D eigenvalue weighted by atomic mass is 32.2. The predicted octanol–water partition coefficient (Wildman–Crippen LogP) is 2.47. The standard InChI is InChI=1S/C16H13N3O2S/c1-22(20,21)14-5-2-12(3-6-14)16-15-7-4-13(8-9-17)19(15)11-10-18-16/h2-7,10-11H,8H2,1H3. The Morgan fingerprint density at radius 3 is 2.55 bits per heavy atom. The average molecular weight is 311 g/mol. The first-order valence-corrected chi connectivity index (χ1v) is 8.52. The van der Waals surface area contributed by atoms with E-state index in [1.54, 1.807) is 30.5 Å². The molecule has 0 aliphatic rings. The van der Waals surface area contributed by atoms with Gasteiger partial charge in [0.1, 0.15) is 0 Å². The monoisotopic (exact) mass is 311 g/mol. The van der Waals surface area contributed by atoms with E-state index in [2.05, 4.69) is 11.1 Å². The van der Waals surface area contributed by atoms with Crippen LogP contribution in [0.3, 0.4) is 0 Å². The highest BCUT2D eigenvalue weighted by Gasteiger charge is 2.11. The third kappa shape index (κ3) is 2.47. The molecule has 0 saturated carbocycles. The van der Waals surface area contributed by atoms with Crippen LogP contribution >= 0.6 is 0 Å². The SMILES string of the molecule is CS(=O)(=O)c1ccc(-c2nccn3c(CC#N)ccc23)cc1. The van der Waals surface area contributed by atoms with Crippen molar-refractivity contribution in [2.24, 2.45) is 0 Å². The smallest absolute Gasteiger partial charge is 0.175 e. The van der Waals surface area contributed by atoms with E-state index in [0.29, 0.717) is 6.42 Å². The lowest BCUT2D eigenvalue weighted by Gasteiger charge is -2.06. The molecule has 0 N–H and O–H groups in total. The molecule has 0 spiro atoms. The summed E-state index contributed by atoms with van der Waals surface area (Å²) in [6.07, 6.45) is 5.00. The second-order valence-corrected chi connectivity index (χ2v) is 7.00. The van der Waals surface area contributed by atoms with E-state index in [-0.39, 0.29) is 4.90 Å². The maximum Gasteiger partial charge on any atom is 0.175 e. The van der Waals surface area contributed by atoms with Crippen LogP contribution in [0.1, 0.15) is 5.69 Å². The molecule has 2 heterocycles. The van der Waals surface area contributed by atoms with Crippen LogP contribution < -0.4 is 0 Å². The van der Waals surface area contributed by atoms with Crippen molar-refractivity contribution in [3.63, 3.8) is 0 Å². The number of benzene rings is 1. The van der Waals surface area contributed by atoms with E-state index in [0.717, 1.165) is 22.5 Å². The fourth-order valence-corrected chi connectivity index (χ4v) is 3.04. The van der Waals surface area contributed by atoms with Gasteiger partial charge in [0.2, 0.25) is 0 Å². The normalized spacial score (nSPS) is 11.5. The summed E-state index contributed by atoms with van der Waals surface area (Å²) in [6, 6.07) is 12.6. The number of aromatic nitrogens is 2. The van der Waals surface area contributed by atoms with E-state index in [1.807, 2.05) is 22.7 Å². The molecule has 3 rings (SSSR count). The van der Waals surface area contributed by atoms with Crippen LogP contribution in [0.25, 0.3) is 16.8 Å². The summed E-state index contributed by atoms with van der Waals surface area (Å²) in [5, 5.41) is 8.85. The summed E-state index contributed by atoms with van der Waals surface area (Å²) < 4.78 is 25.0. The Bertz CT molecular complexity index is 980. The van der Waals surface area contributed by atoms with Gasteiger partial charge in [-0.05, 0) is 24.3 Å². The average Bonchev–Trinajstić information content (AvgIpc) is 2.90. The van der Waals surface area contributed by atoms with Gasteiger partial charge >= 0.3 is 0 Å². The Kier molecular flexibility index (Phi) is 3.43. The maximum absolute atomic E-state index is 11.5. The maximum atomic E-state index is 11.5. The molecule has 0 bridgehead atoms. The Morgan fingerprint density at radius 1 is 1.18 bits per heavy atom. The lowest BCUT2D eigenvalue weighted by atomic mass is 10.1. The number of nitriles is 1. The van der Waals surface area contributed by atoms with E-state index in [9.17, 15) is 8.42 Å². The summed E-state index contributed by atoms with van der Waals surface area (Å²) >= 11 is 0. The van der Waals surface area contributed by atoms with Crippen LogP contribution in [0.15, 0.2) is 53.7 Å². The summed E-state index contributed by atoms with van der Waals surface area (Å²) in [4.78, 5) is 4.67. The van der Waals surface area contributed by atoms with Gasteiger partial charge in [-0.3, -0.25) is 4.98 Å². The lowest BCUT2D eigenvalue weighted by molar-refractivity contribution is 0.602. The highest BCUT2D eigenvalue weighted by molar-refractivity contribution is 7.90. The minimum Gasteiger partial charge on any atom is -0.316 e. The molecule has 0 saturated heterocycles. The fourth-order valence-electron chi connectivity index (χ4n) is 2.41. The highest BCUT2D eigenvalue weighted by Crippen LogP contribution is 2.25. The van der Waals surface area contributed by atoms with Crippen molar-refractivity contribution in [3.05, 3.63) is 54.5 Å². The molecular formula is C16H13N3O2S. The van der Waals surface area contributed by atoms with Crippen molar-refractivity contribution in [1.82, 2.24) is 9.38 Å². The molecule has 0 amide bonds. The van der Waals surface area contributed by atoms with Crippen LogP contribution in [0.4, 0.5) is 0 Å². The third-order valence-corrected chi connectivity index (χ3v) is 4.61. The molecule has 0 radical (unpaired) electrons. The van der Waals surface area contributed by atoms with Crippen LogP contribution in [0.5, 0.6) is 0 Å². The zero-order valence-corrected chi connectivity index (χ0v) is 12.7. The van der Waals surface area contributed by atoms with Crippen LogP contribution in [-0.4, -0.2) is 24.1 Å². The van der Waals surface area contributed by atoms with Gasteiger partial charge < -0.3 is 4.40 Å². The van der Waals surface area contributed by atoms with E-state index in [1.165, 1.54) is 6.26 Å². The Morgan fingerprint density at radius 2 is 1.91 bits per heavy atom. The Labute approximate surface area is 128 Å². The number of hydrogen-bond donors (Lipinski definition) is 0. The van der Waals surface area contributed by atoms with Crippen molar-refractivity contribution in [1.29, 1.82) is 5.26 Å². The van der Waals surface area contributed by atoms with Gasteiger partial charge in [0.25, 0.3) is 0 Å². The second kappa shape index (κ2) is 5.28. The Balaban J connectivity index is 2.13. The van der Waals surface area contributed by atoms with Crippen LogP contribution in [0, 0.1) is 11.3 Å². The van der Waals surface area contributed by atoms with E-state index >= 15 is 0 Å². The molecular weight excluding hydrogens is 298 g/mol. The summed E-state index contributed by atoms with van der Waals surface area (Å²) in [6.45, 7) is 0. The first kappa shape index (κ1) is 14.3. The van der Waals surface area contributed by atoms with Crippen molar-refractivity contribution in [3.8, 4) is 17.3 Å². The summed E-state index contributed by atoms with van der Waals surface area (Å²) in [5.74, 6) is 0. The zero-order chi connectivity index (χ0) is 15.7. The van der Waals surface area contributed by atoms with Gasteiger partial charge in [0.15, 0.2) is 9.84 Å². The summed E-state index contributed by atoms with van der Waals surface area (Å²) in [5.41, 5.74) is 3.38. The zero-order valence-electron chi connectivity index (χ0n) is 11.9. The molecule has 0 aliphatic carbocycles. The van der Waals surface area contributed by atoms with E-state index in [4.69, 9.17) is 5.26 Å². The van der Waals surface area contributed by atoms with Crippen molar-refractivity contribution in [2.75, 3.05) is 6.26 Å². The molecule has 6 heteroatoms. The molecule has 110 valence electrons. The molecule has 2 aromatic heterocycles. The number of nitrogens with zero attached hydrogens (tertiary/aromatic N) is 3. The summed E-state index contributed by atoms with van der Waals surface area (Å²) in [7, 11) is -3.21. The predicted molar refractivity (Wildman–Crippen MR) is 83.1 cm³/mol. The van der Waals surface area contributed by atoms with Crippen molar-refractivity contribution < 1.29 is 8.42 Å². The van der Waals surface area contributed by atoms with Crippen molar-refractivity contribution in [2.45, 2.75) is 11.3 Å². The minimum atomic E-state index is -3.21. The molecule has 0 atom stereocenters. The van der Waals surface area contributed by atoms with E-state index < -0.39 is 9.84 Å². The first-order chi connectivity index (χ1) is 10.5. The van der Waals surface area contributed by atoms with Crippen LogP contribution in [-0.2, 0) is 16.3 Å². The number of fused-ring (bicyclic) bond motifs is 1. The molecule has 0 unspecified atom stereocenters. The molecule has 3 aromatic rings. The number of sulfone groups is 1. The fraction of sp³-hybridized carbons (Fsp3) is 0.125. The second-order valence-electron chi connectivity index (χ2n) is 4.99. The molecule has 22 heavy (non-hydrogen) atoms. The van der Waals surface area contributed by atoms with Gasteiger partial charge in [0, 0.05) is 29.9 Å². The van der Waals surface area contributed by atoms with Gasteiger partial charge in [0.05, 0.1) is 28.6 Å². The number of rotatable bonds is 3. The van der Waals surface area contributed by atoms with Gasteiger partial charge in [-0.25, -0.2) is 8.42 Å². The topological polar surface area (TPSA) is 75.2 Å². The molecule has 0 fully saturated rings.